The molecule has 0 amide bonds. The van der Waals surface area contributed by atoms with Gasteiger partial charge < -0.3 is 4.42 Å². The molecule has 0 spiro atoms. The molecule has 0 saturated heterocycles. The van der Waals surface area contributed by atoms with E-state index in [9.17, 15) is 0 Å². The maximum atomic E-state index is 5.97. The van der Waals surface area contributed by atoms with E-state index in [4.69, 9.17) is 4.42 Å². The topological polar surface area (TPSA) is 13.1 Å². The van der Waals surface area contributed by atoms with Crippen LogP contribution in [0, 0.1) is 0 Å². The summed E-state index contributed by atoms with van der Waals surface area (Å²) in [6.07, 6.45) is 6.54. The van der Waals surface area contributed by atoms with E-state index in [0.717, 1.165) is 30.8 Å². The monoisotopic (exact) mass is 328 g/mol. The predicted octanol–water partition coefficient (Wildman–Crippen LogP) is 6.56. The zero-order valence-corrected chi connectivity index (χ0v) is 15.0. The molecule has 1 heterocycles. The second kappa shape index (κ2) is 6.76. The van der Waals surface area contributed by atoms with Crippen LogP contribution in [0.4, 0.5) is 0 Å². The predicted molar refractivity (Wildman–Crippen MR) is 106 cm³/mol. The summed E-state index contributed by atoms with van der Waals surface area (Å²) in [4.78, 5) is 0. The fraction of sp³-hybridized carbons (Fsp3) is 0.250. The summed E-state index contributed by atoms with van der Waals surface area (Å²) in [6, 6.07) is 19.9. The standard InChI is InChI=1S/C24H24O/c1-3-6-17-9-11-18(12-10-17)22-8-5-7-19-15-20(16-23(19)22)24-14-13-21(4-2)25-24/h5,7-14,16H,3-4,6,15H2,1-2H3. The Labute approximate surface area is 150 Å². The van der Waals surface area contributed by atoms with Crippen molar-refractivity contribution in [2.24, 2.45) is 0 Å². The van der Waals surface area contributed by atoms with Gasteiger partial charge in [-0.05, 0) is 58.0 Å². The summed E-state index contributed by atoms with van der Waals surface area (Å²) in [5, 5.41) is 0. The van der Waals surface area contributed by atoms with E-state index in [-0.39, 0.29) is 0 Å². The van der Waals surface area contributed by atoms with Gasteiger partial charge in [0.15, 0.2) is 0 Å². The molecule has 0 aliphatic heterocycles. The molecular formula is C24H24O. The van der Waals surface area contributed by atoms with Crippen LogP contribution in [0.25, 0.3) is 22.8 Å². The highest BCUT2D eigenvalue weighted by atomic mass is 16.3. The average Bonchev–Trinajstić information content (AvgIpc) is 3.29. The van der Waals surface area contributed by atoms with Crippen LogP contribution >= 0.6 is 0 Å². The van der Waals surface area contributed by atoms with Crippen molar-refractivity contribution in [1.29, 1.82) is 0 Å². The number of allylic oxidation sites excluding steroid dienone is 1. The van der Waals surface area contributed by atoms with Crippen LogP contribution in [0.1, 0.15) is 48.5 Å². The number of furan rings is 1. The molecule has 0 atom stereocenters. The van der Waals surface area contributed by atoms with Gasteiger partial charge >= 0.3 is 0 Å². The van der Waals surface area contributed by atoms with Crippen LogP contribution in [0.3, 0.4) is 0 Å². The Morgan fingerprint density at radius 1 is 0.920 bits per heavy atom. The number of hydrogen-bond acceptors (Lipinski definition) is 1. The minimum atomic E-state index is 0.940. The summed E-state index contributed by atoms with van der Waals surface area (Å²) in [5.41, 5.74) is 8.04. The molecule has 1 aliphatic rings. The van der Waals surface area contributed by atoms with Gasteiger partial charge in [-0.1, -0.05) is 62.7 Å². The van der Waals surface area contributed by atoms with Crippen LogP contribution in [0.15, 0.2) is 59.0 Å². The maximum Gasteiger partial charge on any atom is 0.130 e. The summed E-state index contributed by atoms with van der Waals surface area (Å²) in [5.74, 6) is 2.07. The number of fused-ring (bicyclic) bond motifs is 1. The van der Waals surface area contributed by atoms with Crippen LogP contribution in [0.5, 0.6) is 0 Å². The third-order valence-electron chi connectivity index (χ3n) is 5.03. The quantitative estimate of drug-likeness (QED) is 0.517. The van der Waals surface area contributed by atoms with Crippen molar-refractivity contribution < 1.29 is 4.42 Å². The molecule has 1 nitrogen and oxygen atoms in total. The zero-order chi connectivity index (χ0) is 17.2. The van der Waals surface area contributed by atoms with Gasteiger partial charge in [0.25, 0.3) is 0 Å². The van der Waals surface area contributed by atoms with Crippen molar-refractivity contribution in [3.63, 3.8) is 0 Å². The van der Waals surface area contributed by atoms with Crippen molar-refractivity contribution in [2.75, 3.05) is 0 Å². The smallest absolute Gasteiger partial charge is 0.130 e. The molecule has 3 aromatic rings. The zero-order valence-electron chi connectivity index (χ0n) is 15.0. The van der Waals surface area contributed by atoms with Crippen LogP contribution < -0.4 is 0 Å². The van der Waals surface area contributed by atoms with Gasteiger partial charge in [0.05, 0.1) is 0 Å². The average molecular weight is 328 g/mol. The third-order valence-corrected chi connectivity index (χ3v) is 5.03. The van der Waals surface area contributed by atoms with E-state index in [1.165, 1.54) is 39.8 Å². The lowest BCUT2D eigenvalue weighted by Gasteiger charge is -2.08. The Morgan fingerprint density at radius 3 is 2.48 bits per heavy atom. The molecule has 1 aliphatic carbocycles. The van der Waals surface area contributed by atoms with E-state index >= 15 is 0 Å². The number of hydrogen-bond donors (Lipinski definition) is 0. The van der Waals surface area contributed by atoms with Gasteiger partial charge in [-0.25, -0.2) is 0 Å². The lowest BCUT2D eigenvalue weighted by molar-refractivity contribution is 0.503. The van der Waals surface area contributed by atoms with E-state index in [2.05, 4.69) is 74.5 Å². The number of aryl methyl sites for hydroxylation is 2. The normalized spacial score (nSPS) is 13.0. The lowest BCUT2D eigenvalue weighted by atomic mass is 9.96. The highest BCUT2D eigenvalue weighted by Crippen LogP contribution is 2.38. The molecule has 0 bridgehead atoms. The Balaban J connectivity index is 1.70. The molecule has 25 heavy (non-hydrogen) atoms. The molecule has 1 aromatic heterocycles. The second-order valence-electron chi connectivity index (χ2n) is 6.79. The first-order valence-corrected chi connectivity index (χ1v) is 9.29. The summed E-state index contributed by atoms with van der Waals surface area (Å²) < 4.78 is 5.97. The van der Waals surface area contributed by atoms with Crippen LogP contribution in [-0.4, -0.2) is 0 Å². The Morgan fingerprint density at radius 2 is 1.76 bits per heavy atom. The highest BCUT2D eigenvalue weighted by molar-refractivity contribution is 5.92. The fourth-order valence-electron chi connectivity index (χ4n) is 3.66. The third kappa shape index (κ3) is 3.07. The first kappa shape index (κ1) is 16.0. The molecule has 1 heteroatoms. The molecule has 4 rings (SSSR count). The molecule has 0 saturated carbocycles. The fourth-order valence-corrected chi connectivity index (χ4v) is 3.66. The minimum Gasteiger partial charge on any atom is -0.461 e. The summed E-state index contributed by atoms with van der Waals surface area (Å²) in [6.45, 7) is 4.35. The molecule has 0 unspecified atom stereocenters. The number of benzene rings is 2. The van der Waals surface area contributed by atoms with Gasteiger partial charge in [0.2, 0.25) is 0 Å². The van der Waals surface area contributed by atoms with E-state index in [1.807, 2.05) is 0 Å². The Kier molecular flexibility index (Phi) is 4.31. The Bertz CT molecular complexity index is 910. The molecule has 0 fully saturated rings. The van der Waals surface area contributed by atoms with E-state index < -0.39 is 0 Å². The maximum absolute atomic E-state index is 5.97. The van der Waals surface area contributed by atoms with Crippen LogP contribution in [-0.2, 0) is 19.3 Å². The molecule has 0 N–H and O–H groups in total. The molecule has 0 radical (unpaired) electrons. The Hall–Kier alpha value is -2.54. The van der Waals surface area contributed by atoms with Gasteiger partial charge in [0, 0.05) is 12.8 Å². The van der Waals surface area contributed by atoms with E-state index in [1.54, 1.807) is 0 Å². The first-order valence-electron chi connectivity index (χ1n) is 9.29. The molecule has 2 aromatic carbocycles. The second-order valence-corrected chi connectivity index (χ2v) is 6.79. The lowest BCUT2D eigenvalue weighted by Crippen LogP contribution is -1.88. The largest absolute Gasteiger partial charge is 0.461 e. The minimum absolute atomic E-state index is 0.940. The highest BCUT2D eigenvalue weighted by Gasteiger charge is 2.19. The first-order chi connectivity index (χ1) is 12.3. The van der Waals surface area contributed by atoms with Gasteiger partial charge in [0.1, 0.15) is 11.5 Å². The van der Waals surface area contributed by atoms with Crippen molar-refractivity contribution in [1.82, 2.24) is 0 Å². The van der Waals surface area contributed by atoms with Gasteiger partial charge in [-0.15, -0.1) is 0 Å². The van der Waals surface area contributed by atoms with Crippen molar-refractivity contribution in [3.8, 4) is 11.1 Å². The van der Waals surface area contributed by atoms with Crippen molar-refractivity contribution in [2.45, 2.75) is 39.5 Å². The summed E-state index contributed by atoms with van der Waals surface area (Å²) in [7, 11) is 0. The van der Waals surface area contributed by atoms with E-state index in [0.29, 0.717) is 0 Å². The van der Waals surface area contributed by atoms with Crippen molar-refractivity contribution >= 4 is 11.6 Å². The van der Waals surface area contributed by atoms with Crippen LogP contribution in [0.2, 0.25) is 0 Å². The van der Waals surface area contributed by atoms with Gasteiger partial charge in [-0.3, -0.25) is 0 Å². The molecule has 126 valence electrons. The summed E-state index contributed by atoms with van der Waals surface area (Å²) >= 11 is 0. The molecular weight excluding hydrogens is 304 g/mol. The number of rotatable bonds is 5. The SMILES string of the molecule is CCCc1ccc(-c2cccc3c2C=C(c2ccc(CC)o2)C3)cc1. The van der Waals surface area contributed by atoms with Crippen molar-refractivity contribution in [3.05, 3.63) is 82.8 Å². The van der Waals surface area contributed by atoms with Gasteiger partial charge in [-0.2, -0.15) is 0 Å².